The van der Waals surface area contributed by atoms with Gasteiger partial charge in [-0.25, -0.2) is 0 Å². The van der Waals surface area contributed by atoms with Crippen LogP contribution >= 0.6 is 23.1 Å². The Kier molecular flexibility index (Phi) is 9.46. The Morgan fingerprint density at radius 3 is 1.92 bits per heavy atom. The summed E-state index contributed by atoms with van der Waals surface area (Å²) in [7, 11) is 0. The molecule has 0 spiro atoms. The molecule has 0 saturated heterocycles. The van der Waals surface area contributed by atoms with E-state index in [1.54, 1.807) is 23.1 Å². The van der Waals surface area contributed by atoms with Gasteiger partial charge in [0.05, 0.1) is 0 Å². The van der Waals surface area contributed by atoms with Crippen molar-refractivity contribution < 1.29 is 0 Å². The van der Waals surface area contributed by atoms with E-state index in [9.17, 15) is 0 Å². The van der Waals surface area contributed by atoms with Crippen molar-refractivity contribution in [3.05, 3.63) is 33.4 Å². The van der Waals surface area contributed by atoms with Crippen molar-refractivity contribution in [2.75, 3.05) is 0 Å². The number of thioether (sulfide) groups is 1. The molecule has 1 unspecified atom stereocenters. The van der Waals surface area contributed by atoms with Gasteiger partial charge in [-0.1, -0.05) is 0 Å². The van der Waals surface area contributed by atoms with Gasteiger partial charge in [-0.05, 0) is 0 Å². The van der Waals surface area contributed by atoms with Gasteiger partial charge in [-0.2, -0.15) is 0 Å². The van der Waals surface area contributed by atoms with E-state index in [4.69, 9.17) is 0 Å². The molecule has 25 heavy (non-hydrogen) atoms. The topological polar surface area (TPSA) is 0 Å². The van der Waals surface area contributed by atoms with Gasteiger partial charge in [0.25, 0.3) is 0 Å². The van der Waals surface area contributed by atoms with Crippen molar-refractivity contribution in [1.29, 1.82) is 0 Å². The number of allylic oxidation sites excluding steroid dienone is 1. The number of unbranched alkanes of at least 4 members (excludes halogenated alkanes) is 3. The SMILES string of the molecule is CCC[CH2][Sn]([CH2]CCC)([CH2]CCC)[C]1(c2ccc(CC)s2)CC=CS1. The summed E-state index contributed by atoms with van der Waals surface area (Å²) in [6, 6.07) is 4.95. The molecular weight excluding hydrogens is 447 g/mol. The Morgan fingerprint density at radius 2 is 1.52 bits per heavy atom. The summed E-state index contributed by atoms with van der Waals surface area (Å²) in [4.78, 5) is 3.34. The predicted molar refractivity (Wildman–Crippen MR) is 122 cm³/mol. The Morgan fingerprint density at radius 1 is 0.920 bits per heavy atom. The summed E-state index contributed by atoms with van der Waals surface area (Å²) in [6.45, 7) is 9.49. The summed E-state index contributed by atoms with van der Waals surface area (Å²) in [5, 5.41) is 2.46. The molecule has 0 saturated carbocycles. The third-order valence-corrected chi connectivity index (χ3v) is 30.6. The van der Waals surface area contributed by atoms with Crippen molar-refractivity contribution in [2.24, 2.45) is 0 Å². The molecule has 1 aromatic heterocycles. The molecule has 0 bridgehead atoms. The van der Waals surface area contributed by atoms with E-state index >= 15 is 0 Å². The molecule has 2 rings (SSSR count). The Balaban J connectivity index is 2.46. The van der Waals surface area contributed by atoms with Crippen molar-refractivity contribution >= 4 is 41.5 Å². The van der Waals surface area contributed by atoms with Crippen LogP contribution in [0.3, 0.4) is 0 Å². The van der Waals surface area contributed by atoms with Crippen LogP contribution in [0.25, 0.3) is 0 Å². The molecule has 1 aromatic rings. The average molecular weight is 485 g/mol. The molecule has 2 heterocycles. The van der Waals surface area contributed by atoms with Crippen LogP contribution in [0.4, 0.5) is 0 Å². The first kappa shape index (κ1) is 21.9. The number of aryl methyl sites for hydroxylation is 1. The molecule has 0 aromatic carbocycles. The van der Waals surface area contributed by atoms with E-state index < -0.39 is 18.4 Å². The van der Waals surface area contributed by atoms with E-state index in [-0.39, 0.29) is 0 Å². The normalized spacial score (nSPS) is 20.5. The molecule has 0 fully saturated rings. The fraction of sp³-hybridized carbons (Fsp3) is 0.727. The summed E-state index contributed by atoms with van der Waals surface area (Å²) in [5.74, 6) is 0. The fourth-order valence-electron chi connectivity index (χ4n) is 4.50. The molecule has 0 amide bonds. The van der Waals surface area contributed by atoms with Crippen molar-refractivity contribution in [1.82, 2.24) is 0 Å². The number of hydrogen-bond donors (Lipinski definition) is 0. The second kappa shape index (κ2) is 10.8. The van der Waals surface area contributed by atoms with Crippen LogP contribution < -0.4 is 0 Å². The van der Waals surface area contributed by atoms with E-state index in [1.165, 1.54) is 51.4 Å². The number of rotatable bonds is 12. The monoisotopic (exact) mass is 486 g/mol. The van der Waals surface area contributed by atoms with Crippen LogP contribution in [0, 0.1) is 0 Å². The molecule has 1 atom stereocenters. The average Bonchev–Trinajstić information content (AvgIpc) is 3.31. The van der Waals surface area contributed by atoms with E-state index in [0.29, 0.717) is 2.76 Å². The first-order valence-electron chi connectivity index (χ1n) is 10.6. The quantitative estimate of drug-likeness (QED) is 0.267. The number of thiophene rings is 1. The first-order valence-corrected chi connectivity index (χ1v) is 19.8. The van der Waals surface area contributed by atoms with Crippen molar-refractivity contribution in [3.8, 4) is 0 Å². The minimum absolute atomic E-state index is 0.506. The maximum atomic E-state index is 2.53. The third kappa shape index (κ3) is 4.90. The van der Waals surface area contributed by atoms with Crippen molar-refractivity contribution in [2.45, 2.75) is 95.1 Å². The summed E-state index contributed by atoms with van der Waals surface area (Å²) in [6.07, 6.45) is 13.6. The molecule has 0 radical (unpaired) electrons. The molecule has 142 valence electrons. The van der Waals surface area contributed by atoms with Gasteiger partial charge in [0, 0.05) is 0 Å². The zero-order chi connectivity index (χ0) is 18.2. The molecular formula is C22H38S2Sn. The fourth-order valence-corrected chi connectivity index (χ4v) is 31.2. The molecule has 0 aliphatic carbocycles. The third-order valence-electron chi connectivity index (χ3n) is 6.06. The second-order valence-electron chi connectivity index (χ2n) is 7.73. The van der Waals surface area contributed by atoms with Gasteiger partial charge >= 0.3 is 170 Å². The standard InChI is InChI=1S/C10H11S2.3C4H9.Sn/c1-2-8-5-6-10(12-8)9-4-3-7-11-9;3*1-3-4-2;/h3,5-7H,2,4H2,1H3;3*1,3-4H2,2H3;. The first-order chi connectivity index (χ1) is 12.2. The summed E-state index contributed by atoms with van der Waals surface area (Å²) >= 11 is 2.04. The summed E-state index contributed by atoms with van der Waals surface area (Å²) < 4.78 is 5.34. The van der Waals surface area contributed by atoms with E-state index in [1.807, 2.05) is 0 Å². The summed E-state index contributed by atoms with van der Waals surface area (Å²) in [5.41, 5.74) is 0. The zero-order valence-corrected chi connectivity index (χ0v) is 21.4. The van der Waals surface area contributed by atoms with Gasteiger partial charge in [0.1, 0.15) is 0 Å². The van der Waals surface area contributed by atoms with Crippen LogP contribution in [0.1, 0.15) is 82.4 Å². The Bertz CT molecular complexity index is 502. The Labute approximate surface area is 169 Å². The minimum atomic E-state index is -2.36. The Hall–Kier alpha value is 0.589. The molecule has 3 heteroatoms. The molecule has 0 N–H and O–H groups in total. The van der Waals surface area contributed by atoms with Crippen LogP contribution in [0.2, 0.25) is 13.3 Å². The zero-order valence-electron chi connectivity index (χ0n) is 16.9. The maximum absolute atomic E-state index is 2.53. The molecule has 1 aliphatic heterocycles. The molecule has 1 aliphatic rings. The van der Waals surface area contributed by atoms with Gasteiger partial charge in [0.2, 0.25) is 0 Å². The van der Waals surface area contributed by atoms with E-state index in [2.05, 4.69) is 74.4 Å². The van der Waals surface area contributed by atoms with Gasteiger partial charge in [-0.3, -0.25) is 0 Å². The van der Waals surface area contributed by atoms with E-state index in [0.717, 1.165) is 0 Å². The predicted octanol–water partition coefficient (Wildman–Crippen LogP) is 8.54. The van der Waals surface area contributed by atoms with Crippen molar-refractivity contribution in [3.63, 3.8) is 0 Å². The van der Waals surface area contributed by atoms with Crippen LogP contribution in [-0.2, 0) is 9.18 Å². The van der Waals surface area contributed by atoms with Crippen LogP contribution in [0.5, 0.6) is 0 Å². The van der Waals surface area contributed by atoms with Gasteiger partial charge in [-0.15, -0.1) is 0 Å². The van der Waals surface area contributed by atoms with Crippen LogP contribution in [0.15, 0.2) is 23.6 Å². The molecule has 0 nitrogen and oxygen atoms in total. The van der Waals surface area contributed by atoms with Gasteiger partial charge in [0.15, 0.2) is 0 Å². The van der Waals surface area contributed by atoms with Gasteiger partial charge < -0.3 is 0 Å². The van der Waals surface area contributed by atoms with Crippen LogP contribution in [-0.4, -0.2) is 18.4 Å². The second-order valence-corrected chi connectivity index (χ2v) is 25.2. The number of hydrogen-bond acceptors (Lipinski definition) is 2.